The van der Waals surface area contributed by atoms with Gasteiger partial charge < -0.3 is 5.32 Å². The van der Waals surface area contributed by atoms with Crippen molar-refractivity contribution in [3.8, 4) is 0 Å². The molecule has 0 aliphatic carbocycles. The van der Waals surface area contributed by atoms with E-state index in [0.29, 0.717) is 6.04 Å². The molecule has 0 saturated carbocycles. The Labute approximate surface area is 92.1 Å². The second-order valence-corrected chi connectivity index (χ2v) is 3.97. The molecule has 4 nitrogen and oxygen atoms in total. The maximum atomic E-state index is 3.96. The molecule has 1 heterocycles. The normalized spacial score (nSPS) is 13.0. The number of unbranched alkanes of at least 4 members (excludes halogenated alkanes) is 3. The lowest BCUT2D eigenvalue weighted by Gasteiger charge is -2.15. The van der Waals surface area contributed by atoms with Gasteiger partial charge in [-0.2, -0.15) is 0 Å². The van der Waals surface area contributed by atoms with Crippen LogP contribution in [0.4, 0.5) is 0 Å². The molecule has 1 unspecified atom stereocenters. The van der Waals surface area contributed by atoms with E-state index in [9.17, 15) is 0 Å². The van der Waals surface area contributed by atoms with Gasteiger partial charge >= 0.3 is 0 Å². The molecule has 1 aromatic heterocycles. The van der Waals surface area contributed by atoms with Gasteiger partial charge in [0.15, 0.2) is 0 Å². The summed E-state index contributed by atoms with van der Waals surface area (Å²) in [6, 6.07) is 0.391. The SMILES string of the molecule is CCCCCCC(NC)c1cnnn1C. The third-order valence-corrected chi connectivity index (χ3v) is 2.80. The highest BCUT2D eigenvalue weighted by Gasteiger charge is 2.12. The van der Waals surface area contributed by atoms with E-state index >= 15 is 0 Å². The predicted molar refractivity (Wildman–Crippen MR) is 61.6 cm³/mol. The molecule has 1 rings (SSSR count). The summed E-state index contributed by atoms with van der Waals surface area (Å²) in [5.74, 6) is 0. The fraction of sp³-hybridized carbons (Fsp3) is 0.818. The van der Waals surface area contributed by atoms with Crippen molar-refractivity contribution in [2.75, 3.05) is 7.05 Å². The molecule has 0 aliphatic rings. The van der Waals surface area contributed by atoms with Crippen molar-refractivity contribution in [2.45, 2.75) is 45.1 Å². The summed E-state index contributed by atoms with van der Waals surface area (Å²) in [6.07, 6.45) is 8.22. The predicted octanol–water partition coefficient (Wildman–Crippen LogP) is 2.05. The zero-order valence-electron chi connectivity index (χ0n) is 10.0. The zero-order chi connectivity index (χ0) is 11.1. The Kier molecular flexibility index (Phi) is 5.32. The van der Waals surface area contributed by atoms with E-state index in [1.165, 1.54) is 31.4 Å². The van der Waals surface area contributed by atoms with Gasteiger partial charge in [0.1, 0.15) is 0 Å². The molecule has 1 N–H and O–H groups in total. The summed E-state index contributed by atoms with van der Waals surface area (Å²) < 4.78 is 1.85. The third kappa shape index (κ3) is 3.63. The van der Waals surface area contributed by atoms with Crippen LogP contribution >= 0.6 is 0 Å². The number of hydrogen-bond acceptors (Lipinski definition) is 3. The molecule has 1 aromatic rings. The molecule has 0 amide bonds. The standard InChI is InChI=1S/C11H22N4/c1-4-5-6-7-8-10(12-2)11-9-13-14-15(11)3/h9-10,12H,4-8H2,1-3H3. The molecule has 0 aliphatic heterocycles. The first-order valence-corrected chi connectivity index (χ1v) is 5.81. The van der Waals surface area contributed by atoms with Gasteiger partial charge in [0.25, 0.3) is 0 Å². The van der Waals surface area contributed by atoms with E-state index in [1.54, 1.807) is 0 Å². The van der Waals surface area contributed by atoms with E-state index in [-0.39, 0.29) is 0 Å². The smallest absolute Gasteiger partial charge is 0.0753 e. The molecule has 0 spiro atoms. The summed E-state index contributed by atoms with van der Waals surface area (Å²) in [6.45, 7) is 2.24. The number of nitrogens with one attached hydrogen (secondary N) is 1. The van der Waals surface area contributed by atoms with Crippen LogP contribution in [0.1, 0.15) is 50.8 Å². The minimum atomic E-state index is 0.391. The Morgan fingerprint density at radius 3 is 2.73 bits per heavy atom. The van der Waals surface area contributed by atoms with Crippen LogP contribution in [0.3, 0.4) is 0 Å². The first-order valence-electron chi connectivity index (χ1n) is 5.81. The average Bonchev–Trinajstić information content (AvgIpc) is 2.65. The van der Waals surface area contributed by atoms with Gasteiger partial charge in [-0.25, -0.2) is 0 Å². The Morgan fingerprint density at radius 1 is 1.40 bits per heavy atom. The summed E-state index contributed by atoms with van der Waals surface area (Å²) in [4.78, 5) is 0. The topological polar surface area (TPSA) is 42.7 Å². The van der Waals surface area contributed by atoms with Crippen LogP contribution in [-0.4, -0.2) is 22.0 Å². The molecule has 0 radical (unpaired) electrons. The van der Waals surface area contributed by atoms with E-state index < -0.39 is 0 Å². The van der Waals surface area contributed by atoms with Crippen LogP contribution in [0.2, 0.25) is 0 Å². The number of rotatable bonds is 7. The number of aryl methyl sites for hydroxylation is 1. The number of aromatic nitrogens is 3. The second-order valence-electron chi connectivity index (χ2n) is 3.97. The highest BCUT2D eigenvalue weighted by atomic mass is 15.4. The molecule has 0 saturated heterocycles. The Morgan fingerprint density at radius 2 is 2.20 bits per heavy atom. The first kappa shape index (κ1) is 12.2. The molecule has 1 atom stereocenters. The largest absolute Gasteiger partial charge is 0.312 e. The first-order chi connectivity index (χ1) is 7.29. The van der Waals surface area contributed by atoms with Crippen LogP contribution < -0.4 is 5.32 Å². The molecule has 4 heteroatoms. The maximum Gasteiger partial charge on any atom is 0.0753 e. The highest BCUT2D eigenvalue weighted by molar-refractivity contribution is 5.01. The average molecular weight is 210 g/mol. The van der Waals surface area contributed by atoms with Crippen molar-refractivity contribution in [1.82, 2.24) is 20.3 Å². The quantitative estimate of drug-likeness (QED) is 0.700. The van der Waals surface area contributed by atoms with Gasteiger partial charge in [-0.15, -0.1) is 5.10 Å². The van der Waals surface area contributed by atoms with Crippen molar-refractivity contribution in [2.24, 2.45) is 7.05 Å². The lowest BCUT2D eigenvalue weighted by molar-refractivity contribution is 0.475. The van der Waals surface area contributed by atoms with Crippen LogP contribution in [-0.2, 0) is 7.05 Å². The maximum absolute atomic E-state index is 3.96. The van der Waals surface area contributed by atoms with Crippen molar-refractivity contribution in [3.63, 3.8) is 0 Å². The van der Waals surface area contributed by atoms with Gasteiger partial charge in [-0.05, 0) is 13.5 Å². The van der Waals surface area contributed by atoms with Crippen LogP contribution in [0.15, 0.2) is 6.20 Å². The second kappa shape index (κ2) is 6.56. The summed E-state index contributed by atoms with van der Waals surface area (Å²) in [7, 11) is 3.94. The van der Waals surface area contributed by atoms with Gasteiger partial charge in [0.2, 0.25) is 0 Å². The summed E-state index contributed by atoms with van der Waals surface area (Å²) >= 11 is 0. The van der Waals surface area contributed by atoms with E-state index in [0.717, 1.165) is 6.42 Å². The third-order valence-electron chi connectivity index (χ3n) is 2.80. The minimum Gasteiger partial charge on any atom is -0.312 e. The van der Waals surface area contributed by atoms with Gasteiger partial charge in [0, 0.05) is 7.05 Å². The van der Waals surface area contributed by atoms with Crippen LogP contribution in [0.25, 0.3) is 0 Å². The number of nitrogens with zero attached hydrogens (tertiary/aromatic N) is 3. The molecule has 15 heavy (non-hydrogen) atoms. The minimum absolute atomic E-state index is 0.391. The van der Waals surface area contributed by atoms with Crippen LogP contribution in [0.5, 0.6) is 0 Å². The Bertz CT molecular complexity index is 269. The summed E-state index contributed by atoms with van der Waals surface area (Å²) in [5, 5.41) is 11.2. The molecular formula is C11H22N4. The molecule has 86 valence electrons. The van der Waals surface area contributed by atoms with Crippen molar-refractivity contribution in [1.29, 1.82) is 0 Å². The van der Waals surface area contributed by atoms with E-state index in [4.69, 9.17) is 0 Å². The zero-order valence-corrected chi connectivity index (χ0v) is 10.0. The summed E-state index contributed by atoms with van der Waals surface area (Å²) in [5.41, 5.74) is 1.17. The van der Waals surface area contributed by atoms with Gasteiger partial charge in [0.05, 0.1) is 17.9 Å². The van der Waals surface area contributed by atoms with Gasteiger partial charge in [-0.3, -0.25) is 4.68 Å². The number of hydrogen-bond donors (Lipinski definition) is 1. The molecule has 0 bridgehead atoms. The van der Waals surface area contributed by atoms with Crippen molar-refractivity contribution < 1.29 is 0 Å². The lowest BCUT2D eigenvalue weighted by atomic mass is 10.1. The van der Waals surface area contributed by atoms with E-state index in [2.05, 4.69) is 22.6 Å². The van der Waals surface area contributed by atoms with Gasteiger partial charge in [-0.1, -0.05) is 37.8 Å². The van der Waals surface area contributed by atoms with E-state index in [1.807, 2.05) is 25.0 Å². The van der Waals surface area contributed by atoms with Crippen LogP contribution in [0, 0.1) is 0 Å². The molecule has 0 fully saturated rings. The highest BCUT2D eigenvalue weighted by Crippen LogP contribution is 2.17. The monoisotopic (exact) mass is 210 g/mol. The van der Waals surface area contributed by atoms with Crippen molar-refractivity contribution in [3.05, 3.63) is 11.9 Å². The molecular weight excluding hydrogens is 188 g/mol. The lowest BCUT2D eigenvalue weighted by Crippen LogP contribution is -2.19. The Balaban J connectivity index is 2.39. The fourth-order valence-electron chi connectivity index (χ4n) is 1.83. The fourth-order valence-corrected chi connectivity index (χ4v) is 1.83. The Hall–Kier alpha value is -0.900. The molecule has 0 aromatic carbocycles. The van der Waals surface area contributed by atoms with Crippen molar-refractivity contribution >= 4 is 0 Å².